The Bertz CT molecular complexity index is 31.8. The summed E-state index contributed by atoms with van der Waals surface area (Å²) in [4.78, 5) is 8.56. The molecule has 0 unspecified atom stereocenters. The molecule has 0 aromatic heterocycles. The van der Waals surface area contributed by atoms with Crippen LogP contribution >= 0.6 is 0 Å². The van der Waals surface area contributed by atoms with E-state index in [1.165, 1.54) is 0 Å². The van der Waals surface area contributed by atoms with Crippen molar-refractivity contribution in [1.82, 2.24) is 0 Å². The van der Waals surface area contributed by atoms with E-state index >= 15 is 0 Å². The van der Waals surface area contributed by atoms with E-state index in [0.29, 0.717) is 0 Å². The van der Waals surface area contributed by atoms with Gasteiger partial charge in [0.15, 0.2) is 0 Å². The van der Waals surface area contributed by atoms with Crippen molar-refractivity contribution in [3.63, 3.8) is 0 Å². The van der Waals surface area contributed by atoms with Crippen molar-refractivity contribution in [3.8, 4) is 0 Å². The van der Waals surface area contributed by atoms with Gasteiger partial charge < -0.3 is 10.2 Å². The fourth-order valence-corrected chi connectivity index (χ4v) is 0. The zero-order chi connectivity index (χ0) is 3.58. The summed E-state index contributed by atoms with van der Waals surface area (Å²) in [5.74, 6) is 0. The minimum Gasteiger partial charge on any atom is -0.450 e. The Morgan fingerprint density at radius 1 is 1.17 bits per heavy atom. The standard InChI is InChI=1S/CH2O3.2Ag/c2-1(3)4;;/h(H2,2,3,4);;. The van der Waals surface area contributed by atoms with E-state index in [9.17, 15) is 0 Å². The minimum atomic E-state index is -1.83. The average Bonchev–Trinajstić information content (AvgIpc) is 0.811. The number of carbonyl (C=O) groups is 1. The summed E-state index contributed by atoms with van der Waals surface area (Å²) in [5, 5.41) is 13.9. The van der Waals surface area contributed by atoms with Crippen LogP contribution in [0.3, 0.4) is 0 Å². The van der Waals surface area contributed by atoms with Gasteiger partial charge in [-0.25, -0.2) is 4.79 Å². The molecule has 0 aliphatic rings. The Labute approximate surface area is 65.8 Å². The molecule has 0 atom stereocenters. The SMILES string of the molecule is O=C(O)O.[Ag].[Ag]. The predicted octanol–water partition coefficient (Wildman–Crippen LogP) is 0.217. The molecule has 0 saturated heterocycles. The molecule has 0 aliphatic carbocycles. The topological polar surface area (TPSA) is 57.5 Å². The second-order valence-corrected chi connectivity index (χ2v) is 0.283. The molecule has 46 valence electrons. The van der Waals surface area contributed by atoms with E-state index in [1.807, 2.05) is 0 Å². The van der Waals surface area contributed by atoms with Crippen LogP contribution in [-0.2, 0) is 44.8 Å². The van der Waals surface area contributed by atoms with Gasteiger partial charge in [0.1, 0.15) is 0 Å². The molecular formula is CH2Ag2O3. The van der Waals surface area contributed by atoms with Gasteiger partial charge in [0, 0.05) is 44.8 Å². The number of hydrogen-bond acceptors (Lipinski definition) is 1. The van der Waals surface area contributed by atoms with E-state index in [1.54, 1.807) is 0 Å². The summed E-state index contributed by atoms with van der Waals surface area (Å²) in [6.07, 6.45) is -1.83. The van der Waals surface area contributed by atoms with Gasteiger partial charge in [-0.15, -0.1) is 0 Å². The molecule has 0 saturated carbocycles. The Kier molecular flexibility index (Phi) is 24.4. The van der Waals surface area contributed by atoms with Crippen molar-refractivity contribution < 1.29 is 59.8 Å². The van der Waals surface area contributed by atoms with Gasteiger partial charge >= 0.3 is 6.16 Å². The molecule has 2 N–H and O–H groups in total. The molecule has 5 heteroatoms. The third-order valence-corrected chi connectivity index (χ3v) is 0. The molecule has 0 rings (SSSR count). The van der Waals surface area contributed by atoms with Crippen molar-refractivity contribution in [1.29, 1.82) is 0 Å². The first-order valence-corrected chi connectivity index (χ1v) is 0.651. The van der Waals surface area contributed by atoms with Crippen LogP contribution in [0, 0.1) is 0 Å². The van der Waals surface area contributed by atoms with Gasteiger partial charge in [-0.05, 0) is 0 Å². The quantitative estimate of drug-likeness (QED) is 0.623. The van der Waals surface area contributed by atoms with Crippen LogP contribution in [-0.4, -0.2) is 16.4 Å². The second kappa shape index (κ2) is 9.23. The molecule has 0 heterocycles. The maximum absolute atomic E-state index is 8.56. The van der Waals surface area contributed by atoms with Gasteiger partial charge in [0.2, 0.25) is 0 Å². The van der Waals surface area contributed by atoms with E-state index in [2.05, 4.69) is 0 Å². The number of hydrogen-bond donors (Lipinski definition) is 2. The first kappa shape index (κ1) is 15.9. The molecule has 0 spiro atoms. The third-order valence-electron chi connectivity index (χ3n) is 0. The van der Waals surface area contributed by atoms with Crippen LogP contribution in [0.2, 0.25) is 0 Å². The van der Waals surface area contributed by atoms with Gasteiger partial charge in [0.05, 0.1) is 0 Å². The Balaban J connectivity index is -0.0000000450. The fourth-order valence-electron chi connectivity index (χ4n) is 0. The summed E-state index contributed by atoms with van der Waals surface area (Å²) < 4.78 is 0. The van der Waals surface area contributed by atoms with Gasteiger partial charge in [0.25, 0.3) is 0 Å². The van der Waals surface area contributed by atoms with Crippen LogP contribution in [0.4, 0.5) is 4.79 Å². The van der Waals surface area contributed by atoms with Crippen LogP contribution in [0.15, 0.2) is 0 Å². The third kappa shape index (κ3) is 119. The van der Waals surface area contributed by atoms with Crippen molar-refractivity contribution >= 4 is 6.16 Å². The van der Waals surface area contributed by atoms with Gasteiger partial charge in [-0.2, -0.15) is 0 Å². The monoisotopic (exact) mass is 276 g/mol. The van der Waals surface area contributed by atoms with E-state index in [4.69, 9.17) is 15.0 Å². The predicted molar refractivity (Wildman–Crippen MR) is 10.7 cm³/mol. The van der Waals surface area contributed by atoms with Crippen LogP contribution in [0.25, 0.3) is 0 Å². The summed E-state index contributed by atoms with van der Waals surface area (Å²) in [5.41, 5.74) is 0. The normalized spacial score (nSPS) is 4.00. The molecule has 0 aliphatic heterocycles. The maximum atomic E-state index is 8.56. The zero-order valence-electron chi connectivity index (χ0n) is 2.41. The Hall–Kier alpha value is 0.751. The van der Waals surface area contributed by atoms with Crippen LogP contribution in [0.1, 0.15) is 0 Å². The number of carboxylic acid groups (broad SMARTS) is 2. The summed E-state index contributed by atoms with van der Waals surface area (Å²) in [6.45, 7) is 0. The molecule has 0 aromatic carbocycles. The molecule has 0 fully saturated rings. The Morgan fingerprint density at radius 3 is 1.17 bits per heavy atom. The smallest absolute Gasteiger partial charge is 0.450 e. The minimum absolute atomic E-state index is 0. The summed E-state index contributed by atoms with van der Waals surface area (Å²) in [6, 6.07) is 0. The fraction of sp³-hybridized carbons (Fsp3) is 0. The van der Waals surface area contributed by atoms with E-state index in [-0.39, 0.29) is 44.8 Å². The van der Waals surface area contributed by atoms with Gasteiger partial charge in [-0.3, -0.25) is 0 Å². The zero-order valence-corrected chi connectivity index (χ0v) is 5.37. The van der Waals surface area contributed by atoms with Crippen LogP contribution in [0.5, 0.6) is 0 Å². The van der Waals surface area contributed by atoms with Gasteiger partial charge in [-0.1, -0.05) is 0 Å². The van der Waals surface area contributed by atoms with Crippen molar-refractivity contribution in [2.75, 3.05) is 0 Å². The first-order chi connectivity index (χ1) is 1.73. The molecular weight excluding hydrogens is 276 g/mol. The molecule has 0 amide bonds. The molecule has 0 aromatic rings. The van der Waals surface area contributed by atoms with E-state index < -0.39 is 6.16 Å². The maximum Gasteiger partial charge on any atom is 0.503 e. The first-order valence-electron chi connectivity index (χ1n) is 0.651. The average molecular weight is 278 g/mol. The summed E-state index contributed by atoms with van der Waals surface area (Å²) in [7, 11) is 0. The molecule has 3 nitrogen and oxygen atoms in total. The number of rotatable bonds is 0. The molecule has 6 heavy (non-hydrogen) atoms. The largest absolute Gasteiger partial charge is 0.503 e. The van der Waals surface area contributed by atoms with Crippen molar-refractivity contribution in [3.05, 3.63) is 0 Å². The van der Waals surface area contributed by atoms with E-state index in [0.717, 1.165) is 0 Å². The van der Waals surface area contributed by atoms with Crippen LogP contribution < -0.4 is 0 Å². The van der Waals surface area contributed by atoms with Crippen molar-refractivity contribution in [2.24, 2.45) is 0 Å². The Morgan fingerprint density at radius 2 is 1.17 bits per heavy atom. The van der Waals surface area contributed by atoms with Crippen molar-refractivity contribution in [2.45, 2.75) is 0 Å². The summed E-state index contributed by atoms with van der Waals surface area (Å²) >= 11 is 0. The second-order valence-electron chi connectivity index (χ2n) is 0.283. The molecule has 0 bridgehead atoms. The molecule has 2 radical (unpaired) electrons.